The number of hydrogen-bond donors (Lipinski definition) is 1. The summed E-state index contributed by atoms with van der Waals surface area (Å²) in [7, 11) is 0. The van der Waals surface area contributed by atoms with E-state index in [1.807, 2.05) is 19.1 Å². The summed E-state index contributed by atoms with van der Waals surface area (Å²) >= 11 is 7.16. The van der Waals surface area contributed by atoms with Crippen molar-refractivity contribution in [1.82, 2.24) is 15.0 Å². The second kappa shape index (κ2) is 5.44. The lowest BCUT2D eigenvalue weighted by Gasteiger charge is -2.03. The van der Waals surface area contributed by atoms with Crippen LogP contribution < -0.4 is 5.73 Å². The fourth-order valence-electron chi connectivity index (χ4n) is 1.27. The molecule has 88 valence electrons. The molecule has 0 unspecified atom stereocenters. The Morgan fingerprint density at radius 1 is 1.35 bits per heavy atom. The predicted octanol–water partition coefficient (Wildman–Crippen LogP) is 2.44. The van der Waals surface area contributed by atoms with Crippen molar-refractivity contribution in [2.45, 2.75) is 23.7 Å². The molecule has 0 aliphatic heterocycles. The van der Waals surface area contributed by atoms with Crippen LogP contribution in [0.25, 0.3) is 0 Å². The smallest absolute Gasteiger partial charge is 0.194 e. The minimum absolute atomic E-state index is 0.408. The van der Waals surface area contributed by atoms with E-state index in [1.54, 1.807) is 12.3 Å². The monoisotopic (exact) mass is 266 g/mol. The van der Waals surface area contributed by atoms with Gasteiger partial charge in [-0.05, 0) is 36.9 Å². The van der Waals surface area contributed by atoms with Gasteiger partial charge in [-0.3, -0.25) is 0 Å². The highest BCUT2D eigenvalue weighted by atomic mass is 35.5. The number of aromatic nitrogens is 3. The van der Waals surface area contributed by atoms with E-state index in [9.17, 15) is 0 Å². The number of rotatable bonds is 3. The van der Waals surface area contributed by atoms with Crippen LogP contribution in [0.3, 0.4) is 0 Å². The quantitative estimate of drug-likeness (QED) is 0.865. The zero-order chi connectivity index (χ0) is 12.3. The number of nitrogens with zero attached hydrogens (tertiary/aromatic N) is 3. The molecule has 0 saturated carbocycles. The molecule has 2 rings (SSSR count). The van der Waals surface area contributed by atoms with Gasteiger partial charge in [0.05, 0.1) is 10.7 Å². The molecule has 0 aliphatic carbocycles. The molecule has 2 aromatic heterocycles. The summed E-state index contributed by atoms with van der Waals surface area (Å²) in [4.78, 5) is 12.8. The zero-order valence-corrected chi connectivity index (χ0v) is 10.8. The molecule has 6 heteroatoms. The zero-order valence-electron chi connectivity index (χ0n) is 9.22. The lowest BCUT2D eigenvalue weighted by Crippen LogP contribution is -2.02. The van der Waals surface area contributed by atoms with E-state index in [1.165, 1.54) is 11.8 Å². The Hall–Kier alpha value is -1.17. The molecule has 0 aromatic carbocycles. The van der Waals surface area contributed by atoms with Crippen molar-refractivity contribution in [1.29, 1.82) is 0 Å². The summed E-state index contributed by atoms with van der Waals surface area (Å²) < 4.78 is 0. The third-order valence-corrected chi connectivity index (χ3v) is 3.03. The maximum absolute atomic E-state index is 5.77. The van der Waals surface area contributed by atoms with Gasteiger partial charge >= 0.3 is 0 Å². The Kier molecular flexibility index (Phi) is 3.93. The summed E-state index contributed by atoms with van der Waals surface area (Å²) in [5, 5.41) is 2.07. The third-order valence-electron chi connectivity index (χ3n) is 1.99. The molecule has 0 fully saturated rings. The number of nitrogens with two attached hydrogens (primary N) is 1. The van der Waals surface area contributed by atoms with Crippen molar-refractivity contribution in [3.8, 4) is 0 Å². The van der Waals surface area contributed by atoms with Gasteiger partial charge in [-0.1, -0.05) is 11.6 Å². The standard InChI is InChI=1S/C11H11ClN4S/c1-7-4-9(5-13)16-11(15-7)17-10-3-2-8(12)6-14-10/h2-4,6H,5,13H2,1H3. The first-order valence-corrected chi connectivity index (χ1v) is 6.21. The maximum Gasteiger partial charge on any atom is 0.194 e. The lowest BCUT2D eigenvalue weighted by molar-refractivity contribution is 0.852. The summed E-state index contributed by atoms with van der Waals surface area (Å²) in [6, 6.07) is 5.50. The van der Waals surface area contributed by atoms with Crippen LogP contribution in [0.15, 0.2) is 34.6 Å². The molecule has 4 nitrogen and oxygen atoms in total. The van der Waals surface area contributed by atoms with E-state index >= 15 is 0 Å². The molecular weight excluding hydrogens is 256 g/mol. The first-order valence-electron chi connectivity index (χ1n) is 5.01. The Morgan fingerprint density at radius 3 is 2.82 bits per heavy atom. The second-order valence-corrected chi connectivity index (χ2v) is 4.83. The normalized spacial score (nSPS) is 10.5. The van der Waals surface area contributed by atoms with Crippen molar-refractivity contribution in [2.75, 3.05) is 0 Å². The molecule has 2 heterocycles. The minimum atomic E-state index is 0.408. The van der Waals surface area contributed by atoms with Gasteiger partial charge in [0.2, 0.25) is 0 Å². The van der Waals surface area contributed by atoms with Crippen molar-refractivity contribution in [3.05, 3.63) is 40.8 Å². The van der Waals surface area contributed by atoms with Gasteiger partial charge in [-0.2, -0.15) is 0 Å². The van der Waals surface area contributed by atoms with E-state index in [-0.39, 0.29) is 0 Å². The van der Waals surface area contributed by atoms with Crippen LogP contribution >= 0.6 is 23.4 Å². The molecule has 2 aromatic rings. The SMILES string of the molecule is Cc1cc(CN)nc(Sc2ccc(Cl)cn2)n1. The highest BCUT2D eigenvalue weighted by Gasteiger charge is 2.04. The van der Waals surface area contributed by atoms with E-state index in [0.29, 0.717) is 16.7 Å². The van der Waals surface area contributed by atoms with Crippen LogP contribution in [0.4, 0.5) is 0 Å². The van der Waals surface area contributed by atoms with E-state index < -0.39 is 0 Å². The molecule has 0 spiro atoms. The van der Waals surface area contributed by atoms with Gasteiger partial charge < -0.3 is 5.73 Å². The number of hydrogen-bond acceptors (Lipinski definition) is 5. The molecule has 0 radical (unpaired) electrons. The van der Waals surface area contributed by atoms with Gasteiger partial charge in [-0.25, -0.2) is 15.0 Å². The second-order valence-electron chi connectivity index (χ2n) is 3.40. The van der Waals surface area contributed by atoms with Gasteiger partial charge in [0.1, 0.15) is 5.03 Å². The van der Waals surface area contributed by atoms with Crippen LogP contribution in [-0.4, -0.2) is 15.0 Å². The molecule has 0 bridgehead atoms. The molecule has 0 amide bonds. The van der Waals surface area contributed by atoms with E-state index in [0.717, 1.165) is 16.4 Å². The molecule has 0 saturated heterocycles. The number of aryl methyl sites for hydroxylation is 1. The molecular formula is C11H11ClN4S. The molecule has 2 N–H and O–H groups in total. The fourth-order valence-corrected chi connectivity index (χ4v) is 2.16. The van der Waals surface area contributed by atoms with Crippen LogP contribution in [0.5, 0.6) is 0 Å². The summed E-state index contributed by atoms with van der Waals surface area (Å²) in [5.74, 6) is 0. The first kappa shape index (κ1) is 12.3. The summed E-state index contributed by atoms with van der Waals surface area (Å²) in [6.45, 7) is 2.32. The number of pyridine rings is 1. The Bertz CT molecular complexity index is 515. The third kappa shape index (κ3) is 3.39. The topological polar surface area (TPSA) is 64.7 Å². The van der Waals surface area contributed by atoms with Gasteiger partial charge in [-0.15, -0.1) is 0 Å². The van der Waals surface area contributed by atoms with Crippen molar-refractivity contribution >= 4 is 23.4 Å². The molecule has 17 heavy (non-hydrogen) atoms. The highest BCUT2D eigenvalue weighted by Crippen LogP contribution is 2.23. The Labute approximate surface area is 109 Å². The van der Waals surface area contributed by atoms with Crippen LogP contribution in [0.2, 0.25) is 5.02 Å². The Morgan fingerprint density at radius 2 is 2.18 bits per heavy atom. The summed E-state index contributed by atoms with van der Waals surface area (Å²) in [6.07, 6.45) is 1.60. The van der Waals surface area contributed by atoms with E-state index in [2.05, 4.69) is 15.0 Å². The average Bonchev–Trinajstić information content (AvgIpc) is 2.31. The molecule has 0 aliphatic rings. The predicted molar refractivity (Wildman–Crippen MR) is 68.0 cm³/mol. The van der Waals surface area contributed by atoms with Crippen molar-refractivity contribution < 1.29 is 0 Å². The van der Waals surface area contributed by atoms with Gasteiger partial charge in [0.25, 0.3) is 0 Å². The summed E-state index contributed by atoms with van der Waals surface area (Å²) in [5.41, 5.74) is 7.30. The van der Waals surface area contributed by atoms with Gasteiger partial charge in [0, 0.05) is 18.4 Å². The van der Waals surface area contributed by atoms with Crippen LogP contribution in [-0.2, 0) is 6.54 Å². The van der Waals surface area contributed by atoms with Crippen molar-refractivity contribution in [3.63, 3.8) is 0 Å². The Balaban J connectivity index is 2.23. The van der Waals surface area contributed by atoms with Crippen LogP contribution in [0.1, 0.15) is 11.4 Å². The van der Waals surface area contributed by atoms with Crippen LogP contribution in [0, 0.1) is 6.92 Å². The lowest BCUT2D eigenvalue weighted by atomic mass is 10.3. The first-order chi connectivity index (χ1) is 8.17. The minimum Gasteiger partial charge on any atom is -0.325 e. The largest absolute Gasteiger partial charge is 0.325 e. The average molecular weight is 267 g/mol. The van der Waals surface area contributed by atoms with Gasteiger partial charge in [0.15, 0.2) is 5.16 Å². The highest BCUT2D eigenvalue weighted by molar-refractivity contribution is 7.99. The fraction of sp³-hybridized carbons (Fsp3) is 0.182. The van der Waals surface area contributed by atoms with E-state index in [4.69, 9.17) is 17.3 Å². The number of halogens is 1. The molecule has 0 atom stereocenters. The maximum atomic E-state index is 5.77. The van der Waals surface area contributed by atoms with Crippen molar-refractivity contribution in [2.24, 2.45) is 5.73 Å².